The summed E-state index contributed by atoms with van der Waals surface area (Å²) in [6.45, 7) is 8.46. The fourth-order valence-electron chi connectivity index (χ4n) is 3.24. The van der Waals surface area contributed by atoms with Crippen molar-refractivity contribution in [3.05, 3.63) is 63.3 Å². The SMILES string of the molecule is CCn1c(C)cc(C)c1C(=O)COc1ccc2c(C)cc(=O)oc2c1. The third-order valence-corrected chi connectivity index (χ3v) is 4.37. The van der Waals surface area contributed by atoms with Crippen molar-refractivity contribution < 1.29 is 13.9 Å². The van der Waals surface area contributed by atoms with Crippen molar-refractivity contribution in [1.82, 2.24) is 4.57 Å². The van der Waals surface area contributed by atoms with E-state index in [-0.39, 0.29) is 12.4 Å². The maximum Gasteiger partial charge on any atom is 0.336 e. The molecule has 0 unspecified atom stereocenters. The number of ether oxygens (including phenoxy) is 1. The molecule has 25 heavy (non-hydrogen) atoms. The number of aryl methyl sites for hydroxylation is 3. The highest BCUT2D eigenvalue weighted by Gasteiger charge is 2.17. The summed E-state index contributed by atoms with van der Waals surface area (Å²) >= 11 is 0. The van der Waals surface area contributed by atoms with Crippen LogP contribution >= 0.6 is 0 Å². The first kappa shape index (κ1) is 17.0. The second-order valence-corrected chi connectivity index (χ2v) is 6.18. The molecule has 0 aliphatic heterocycles. The molecule has 2 aromatic heterocycles. The van der Waals surface area contributed by atoms with Crippen molar-refractivity contribution in [2.24, 2.45) is 0 Å². The third kappa shape index (κ3) is 3.22. The summed E-state index contributed by atoms with van der Waals surface area (Å²) in [5.74, 6) is 0.428. The highest BCUT2D eigenvalue weighted by Crippen LogP contribution is 2.23. The van der Waals surface area contributed by atoms with Gasteiger partial charge in [0.25, 0.3) is 0 Å². The second kappa shape index (κ2) is 6.59. The lowest BCUT2D eigenvalue weighted by atomic mass is 10.1. The van der Waals surface area contributed by atoms with Gasteiger partial charge in [-0.15, -0.1) is 0 Å². The molecule has 0 aliphatic rings. The maximum atomic E-state index is 12.6. The standard InChI is InChI=1S/C20H21NO4/c1-5-21-14(4)8-13(3)20(21)17(22)11-24-15-6-7-16-12(2)9-19(23)25-18(16)10-15/h6-10H,5,11H2,1-4H3. The van der Waals surface area contributed by atoms with Gasteiger partial charge < -0.3 is 13.7 Å². The number of hydrogen-bond donors (Lipinski definition) is 0. The van der Waals surface area contributed by atoms with Crippen LogP contribution in [0, 0.1) is 20.8 Å². The van der Waals surface area contributed by atoms with Crippen LogP contribution in [0.5, 0.6) is 5.75 Å². The number of Topliss-reactive ketones (excluding diaryl/α,β-unsaturated/α-hetero) is 1. The quantitative estimate of drug-likeness (QED) is 0.524. The van der Waals surface area contributed by atoms with Crippen LogP contribution in [0.1, 0.15) is 34.2 Å². The molecule has 5 heteroatoms. The normalized spacial score (nSPS) is 11.0. The Morgan fingerprint density at radius 3 is 2.60 bits per heavy atom. The lowest BCUT2D eigenvalue weighted by Gasteiger charge is -2.11. The van der Waals surface area contributed by atoms with Crippen LogP contribution < -0.4 is 10.4 Å². The molecule has 1 aromatic carbocycles. The van der Waals surface area contributed by atoms with Crippen molar-refractivity contribution >= 4 is 16.8 Å². The Hall–Kier alpha value is -2.82. The van der Waals surface area contributed by atoms with Crippen molar-refractivity contribution in [2.45, 2.75) is 34.2 Å². The summed E-state index contributed by atoms with van der Waals surface area (Å²) in [5.41, 5.74) is 3.60. The van der Waals surface area contributed by atoms with Gasteiger partial charge >= 0.3 is 5.63 Å². The molecule has 0 radical (unpaired) electrons. The number of carbonyl (C=O) groups excluding carboxylic acids is 1. The van der Waals surface area contributed by atoms with Crippen molar-refractivity contribution in [3.8, 4) is 5.75 Å². The first-order chi connectivity index (χ1) is 11.9. The second-order valence-electron chi connectivity index (χ2n) is 6.18. The van der Waals surface area contributed by atoms with E-state index in [1.807, 2.05) is 44.4 Å². The molecular formula is C20H21NO4. The van der Waals surface area contributed by atoms with E-state index >= 15 is 0 Å². The van der Waals surface area contributed by atoms with Gasteiger partial charge in [-0.05, 0) is 57.0 Å². The van der Waals surface area contributed by atoms with Gasteiger partial charge in [-0.3, -0.25) is 4.79 Å². The summed E-state index contributed by atoms with van der Waals surface area (Å²) in [6, 6.07) is 8.71. The van der Waals surface area contributed by atoms with Gasteiger partial charge in [0, 0.05) is 29.8 Å². The Morgan fingerprint density at radius 2 is 1.88 bits per heavy atom. The fourth-order valence-corrected chi connectivity index (χ4v) is 3.24. The number of benzene rings is 1. The smallest absolute Gasteiger partial charge is 0.336 e. The molecule has 0 spiro atoms. The Bertz CT molecular complexity index is 1010. The van der Waals surface area contributed by atoms with Crippen molar-refractivity contribution in [3.63, 3.8) is 0 Å². The monoisotopic (exact) mass is 339 g/mol. The number of carbonyl (C=O) groups is 1. The molecule has 3 aromatic rings. The van der Waals surface area contributed by atoms with Gasteiger partial charge in [0.2, 0.25) is 5.78 Å². The van der Waals surface area contributed by atoms with Gasteiger partial charge in [0.15, 0.2) is 6.61 Å². The van der Waals surface area contributed by atoms with Crippen LogP contribution in [-0.4, -0.2) is 17.0 Å². The Labute approximate surface area is 145 Å². The minimum atomic E-state index is -0.398. The molecule has 130 valence electrons. The minimum Gasteiger partial charge on any atom is -0.485 e. The molecule has 5 nitrogen and oxygen atoms in total. The van der Waals surface area contributed by atoms with Gasteiger partial charge in [0.05, 0.1) is 5.69 Å². The maximum absolute atomic E-state index is 12.6. The van der Waals surface area contributed by atoms with E-state index in [0.29, 0.717) is 17.0 Å². The van der Waals surface area contributed by atoms with Gasteiger partial charge in [-0.1, -0.05) is 0 Å². The molecule has 0 fully saturated rings. The van der Waals surface area contributed by atoms with Gasteiger partial charge in [-0.2, -0.15) is 0 Å². The Morgan fingerprint density at radius 1 is 1.12 bits per heavy atom. The summed E-state index contributed by atoms with van der Waals surface area (Å²) in [4.78, 5) is 24.1. The van der Waals surface area contributed by atoms with Crippen LogP contribution in [0.4, 0.5) is 0 Å². The number of fused-ring (bicyclic) bond motifs is 1. The van der Waals surface area contributed by atoms with Crippen molar-refractivity contribution in [2.75, 3.05) is 6.61 Å². The first-order valence-electron chi connectivity index (χ1n) is 8.28. The molecular weight excluding hydrogens is 318 g/mol. The zero-order valence-electron chi connectivity index (χ0n) is 14.9. The fraction of sp³-hybridized carbons (Fsp3) is 0.300. The summed E-state index contributed by atoms with van der Waals surface area (Å²) in [5, 5.41) is 0.851. The molecule has 0 atom stereocenters. The first-order valence-corrected chi connectivity index (χ1v) is 8.28. The van der Waals surface area contributed by atoms with Gasteiger partial charge in [0.1, 0.15) is 11.3 Å². The molecule has 0 amide bonds. The average Bonchev–Trinajstić information content (AvgIpc) is 2.85. The minimum absolute atomic E-state index is 0.0636. The van der Waals surface area contributed by atoms with E-state index in [9.17, 15) is 9.59 Å². The molecule has 0 aliphatic carbocycles. The van der Waals surface area contributed by atoms with Crippen LogP contribution in [0.15, 0.2) is 39.5 Å². The number of ketones is 1. The topological polar surface area (TPSA) is 61.4 Å². The van der Waals surface area contributed by atoms with Gasteiger partial charge in [-0.25, -0.2) is 4.79 Å². The lowest BCUT2D eigenvalue weighted by Crippen LogP contribution is -2.17. The predicted octanol–water partition coefficient (Wildman–Crippen LogP) is 3.80. The number of rotatable bonds is 5. The molecule has 3 rings (SSSR count). The lowest BCUT2D eigenvalue weighted by molar-refractivity contribution is 0.0911. The van der Waals surface area contributed by atoms with E-state index in [2.05, 4.69) is 0 Å². The largest absolute Gasteiger partial charge is 0.485 e. The van der Waals surface area contributed by atoms with E-state index < -0.39 is 5.63 Å². The van der Waals surface area contributed by atoms with Crippen LogP contribution in [0.3, 0.4) is 0 Å². The molecule has 0 N–H and O–H groups in total. The molecule has 0 saturated heterocycles. The van der Waals surface area contributed by atoms with E-state index in [0.717, 1.165) is 28.8 Å². The number of aromatic nitrogens is 1. The molecule has 0 bridgehead atoms. The highest BCUT2D eigenvalue weighted by atomic mass is 16.5. The third-order valence-electron chi connectivity index (χ3n) is 4.37. The molecule has 2 heterocycles. The zero-order chi connectivity index (χ0) is 18.1. The summed E-state index contributed by atoms with van der Waals surface area (Å²) in [7, 11) is 0. The highest BCUT2D eigenvalue weighted by molar-refractivity contribution is 5.97. The van der Waals surface area contributed by atoms with E-state index in [4.69, 9.17) is 9.15 Å². The van der Waals surface area contributed by atoms with Crippen molar-refractivity contribution in [1.29, 1.82) is 0 Å². The number of hydrogen-bond acceptors (Lipinski definition) is 4. The summed E-state index contributed by atoms with van der Waals surface area (Å²) < 4.78 is 12.8. The summed E-state index contributed by atoms with van der Waals surface area (Å²) in [6.07, 6.45) is 0. The van der Waals surface area contributed by atoms with Crippen LogP contribution in [0.25, 0.3) is 11.0 Å². The number of nitrogens with zero attached hydrogens (tertiary/aromatic N) is 1. The van der Waals surface area contributed by atoms with Crippen LogP contribution in [0.2, 0.25) is 0 Å². The molecule has 0 saturated carbocycles. The average molecular weight is 339 g/mol. The Kier molecular flexibility index (Phi) is 4.49. The Balaban J connectivity index is 1.83. The van der Waals surface area contributed by atoms with Crippen LogP contribution in [-0.2, 0) is 6.54 Å². The van der Waals surface area contributed by atoms with E-state index in [1.54, 1.807) is 12.1 Å². The zero-order valence-corrected chi connectivity index (χ0v) is 14.9. The predicted molar refractivity (Wildman–Crippen MR) is 96.6 cm³/mol. The van der Waals surface area contributed by atoms with E-state index in [1.165, 1.54) is 6.07 Å².